The lowest BCUT2D eigenvalue weighted by Gasteiger charge is -2.17. The molecule has 0 spiro atoms. The first-order valence-electron chi connectivity index (χ1n) is 23.8. The minimum Gasteiger partial charge on any atom is -0.456 e. The van der Waals surface area contributed by atoms with E-state index in [1.807, 2.05) is 76.5 Å². The molecule has 0 radical (unpaired) electrons. The van der Waals surface area contributed by atoms with Crippen molar-refractivity contribution in [2.75, 3.05) is 0 Å². The Balaban J connectivity index is 0.901. The quantitative estimate of drug-likeness (QED) is 0.137. The largest absolute Gasteiger partial charge is 0.456 e. The zero-order chi connectivity index (χ0) is 47.1. The molecule has 13 rings (SSSR count). The van der Waals surface area contributed by atoms with Gasteiger partial charge in [-0.1, -0.05) is 158 Å². The number of hydrogen-bond acceptors (Lipinski definition) is 4. The zero-order valence-electron chi connectivity index (χ0n) is 38.5. The third-order valence-electron chi connectivity index (χ3n) is 13.4. The highest BCUT2D eigenvalue weighted by Gasteiger charge is 2.18. The molecular weight excluding hydrogens is 867 g/mol. The summed E-state index contributed by atoms with van der Waals surface area (Å²) >= 11 is 0. The van der Waals surface area contributed by atoms with Crippen molar-refractivity contribution < 1.29 is 4.42 Å². The average molecular weight is 910 g/mol. The molecule has 0 fully saturated rings. The van der Waals surface area contributed by atoms with Gasteiger partial charge < -0.3 is 4.42 Å². The summed E-state index contributed by atoms with van der Waals surface area (Å²) in [5.41, 5.74) is 21.0. The summed E-state index contributed by atoms with van der Waals surface area (Å²) < 4.78 is 10.1. The fourth-order valence-electron chi connectivity index (χ4n) is 9.91. The van der Waals surface area contributed by atoms with Crippen LogP contribution in [0.4, 0.5) is 0 Å². The van der Waals surface area contributed by atoms with Gasteiger partial charge in [-0.25, -0.2) is 9.36 Å². The summed E-state index contributed by atoms with van der Waals surface area (Å²) in [6.07, 6.45) is 10.1. The molecule has 0 aliphatic heterocycles. The Hall–Kier alpha value is -9.65. The van der Waals surface area contributed by atoms with Crippen LogP contribution in [0, 0.1) is 0 Å². The van der Waals surface area contributed by atoms with Gasteiger partial charge in [0, 0.05) is 51.6 Å². The highest BCUT2D eigenvalue weighted by molar-refractivity contribution is 6.06. The number of nitrogens with zero attached hydrogens (tertiary/aromatic N) is 5. The zero-order valence-corrected chi connectivity index (χ0v) is 38.5. The van der Waals surface area contributed by atoms with Crippen LogP contribution in [0.3, 0.4) is 0 Å². The third-order valence-corrected chi connectivity index (χ3v) is 13.4. The first kappa shape index (κ1) is 41.5. The highest BCUT2D eigenvalue weighted by Crippen LogP contribution is 2.43. The fourth-order valence-corrected chi connectivity index (χ4v) is 9.91. The molecule has 71 heavy (non-hydrogen) atoms. The minimum atomic E-state index is 0.882. The van der Waals surface area contributed by atoms with Gasteiger partial charge in [-0.3, -0.25) is 4.98 Å². The van der Waals surface area contributed by atoms with E-state index in [9.17, 15) is 0 Å². The Bertz CT molecular complexity index is 3910. The van der Waals surface area contributed by atoms with Crippen molar-refractivity contribution in [1.29, 1.82) is 0 Å². The maximum Gasteiger partial charge on any atom is 0.136 e. The summed E-state index contributed by atoms with van der Waals surface area (Å²) in [6.45, 7) is 0. The first-order valence-corrected chi connectivity index (χ1v) is 23.8. The second kappa shape index (κ2) is 17.8. The van der Waals surface area contributed by atoms with Crippen molar-refractivity contribution >= 4 is 21.9 Å². The molecule has 4 aromatic heterocycles. The van der Waals surface area contributed by atoms with Crippen LogP contribution in [0.25, 0.3) is 122 Å². The van der Waals surface area contributed by atoms with Crippen molar-refractivity contribution in [2.24, 2.45) is 0 Å². The highest BCUT2D eigenvalue weighted by atomic mass is 16.3. The molecule has 6 heteroatoms. The molecule has 0 saturated heterocycles. The van der Waals surface area contributed by atoms with Crippen molar-refractivity contribution in [1.82, 2.24) is 24.5 Å². The molecule has 9 aromatic carbocycles. The van der Waals surface area contributed by atoms with Crippen LogP contribution < -0.4 is 0 Å². The average Bonchev–Trinajstić information content (AvgIpc) is 4.24. The molecular formula is C65H43N5O. The molecule has 334 valence electrons. The van der Waals surface area contributed by atoms with E-state index < -0.39 is 0 Å². The Labute approximate surface area is 411 Å². The minimum absolute atomic E-state index is 0.882. The van der Waals surface area contributed by atoms with E-state index in [0.717, 1.165) is 122 Å². The van der Waals surface area contributed by atoms with Crippen LogP contribution in [-0.4, -0.2) is 24.5 Å². The Morgan fingerprint density at radius 2 is 0.718 bits per heavy atom. The number of fused-ring (bicyclic) bond motifs is 3. The van der Waals surface area contributed by atoms with E-state index in [1.54, 1.807) is 0 Å². The Morgan fingerprint density at radius 3 is 1.27 bits per heavy atom. The smallest absolute Gasteiger partial charge is 0.136 e. The normalized spacial score (nSPS) is 11.4. The molecule has 6 nitrogen and oxygen atoms in total. The summed E-state index contributed by atoms with van der Waals surface area (Å²) in [5.74, 6) is 0. The van der Waals surface area contributed by atoms with Crippen LogP contribution in [0.5, 0.6) is 0 Å². The van der Waals surface area contributed by atoms with Gasteiger partial charge in [-0.05, 0) is 134 Å². The van der Waals surface area contributed by atoms with Gasteiger partial charge in [-0.15, -0.1) is 0 Å². The maximum absolute atomic E-state index is 6.24. The van der Waals surface area contributed by atoms with Gasteiger partial charge in [0.25, 0.3) is 0 Å². The molecule has 13 aromatic rings. The van der Waals surface area contributed by atoms with Gasteiger partial charge >= 0.3 is 0 Å². The maximum atomic E-state index is 6.24. The SMILES string of the molecule is c1ccc(-n2cc(-c3ccccc3-c3cc(-c4ccccc4-c4ccc(-c5cccc(-c6ccc7c(c6)oc6ccccc67)c5)nc4)cc(-c4ccccc4-c4cnn(-c5ccccc5)c4)c3)cn2)cc1. The van der Waals surface area contributed by atoms with Gasteiger partial charge in [0.2, 0.25) is 0 Å². The first-order chi connectivity index (χ1) is 35.2. The van der Waals surface area contributed by atoms with Crippen molar-refractivity contribution in [3.8, 4) is 101 Å². The molecule has 0 N–H and O–H groups in total. The molecule has 0 saturated carbocycles. The Morgan fingerprint density at radius 1 is 0.282 bits per heavy atom. The fraction of sp³-hybridized carbons (Fsp3) is 0. The van der Waals surface area contributed by atoms with E-state index >= 15 is 0 Å². The predicted molar refractivity (Wildman–Crippen MR) is 289 cm³/mol. The molecule has 0 atom stereocenters. The van der Waals surface area contributed by atoms with Crippen LogP contribution in [0.15, 0.2) is 266 Å². The predicted octanol–water partition coefficient (Wildman–Crippen LogP) is 16.7. The second-order valence-corrected chi connectivity index (χ2v) is 17.8. The lowest BCUT2D eigenvalue weighted by molar-refractivity contribution is 0.669. The number of aromatic nitrogens is 5. The van der Waals surface area contributed by atoms with Gasteiger partial charge in [0.1, 0.15) is 11.2 Å². The second-order valence-electron chi connectivity index (χ2n) is 17.8. The van der Waals surface area contributed by atoms with E-state index in [-0.39, 0.29) is 0 Å². The van der Waals surface area contributed by atoms with E-state index in [1.165, 1.54) is 0 Å². The molecule has 0 unspecified atom stereocenters. The van der Waals surface area contributed by atoms with Crippen molar-refractivity contribution in [2.45, 2.75) is 0 Å². The molecule has 0 amide bonds. The molecule has 4 heterocycles. The van der Waals surface area contributed by atoms with E-state index in [4.69, 9.17) is 19.6 Å². The van der Waals surface area contributed by atoms with Crippen LogP contribution in [-0.2, 0) is 0 Å². The summed E-state index contributed by atoms with van der Waals surface area (Å²) in [7, 11) is 0. The Kier molecular flexibility index (Phi) is 10.4. The van der Waals surface area contributed by atoms with Gasteiger partial charge in [-0.2, -0.15) is 10.2 Å². The summed E-state index contributed by atoms with van der Waals surface area (Å²) in [5, 5.41) is 11.9. The number of benzene rings is 9. The summed E-state index contributed by atoms with van der Waals surface area (Å²) in [6, 6.07) is 81.0. The lowest BCUT2D eigenvalue weighted by atomic mass is 9.87. The van der Waals surface area contributed by atoms with Crippen LogP contribution >= 0.6 is 0 Å². The molecule has 0 aliphatic rings. The van der Waals surface area contributed by atoms with Gasteiger partial charge in [0.05, 0.1) is 29.5 Å². The monoisotopic (exact) mass is 909 g/mol. The lowest BCUT2D eigenvalue weighted by Crippen LogP contribution is -1.93. The van der Waals surface area contributed by atoms with E-state index in [0.29, 0.717) is 0 Å². The number of rotatable bonds is 10. The molecule has 0 bridgehead atoms. The summed E-state index contributed by atoms with van der Waals surface area (Å²) in [4.78, 5) is 5.11. The standard InChI is InChI=1S/C65H43N5O/c1-3-18-53(19-4-1)69-42-51(40-67-69)59-26-11-9-24-57(59)49-35-48(36-50(37-49)58-25-10-12-27-60(58)52-41-68-70(43-52)54-20-5-2-6-21-54)56-23-8-7-22-55(56)47-31-33-63(66-39-47)46-17-15-16-44(34-46)45-30-32-62-61-28-13-14-29-64(61)71-65(62)38-45/h1-43H. The van der Waals surface area contributed by atoms with Gasteiger partial charge in [0.15, 0.2) is 0 Å². The third kappa shape index (κ3) is 7.89. The number of para-hydroxylation sites is 3. The molecule has 0 aliphatic carbocycles. The topological polar surface area (TPSA) is 61.7 Å². The van der Waals surface area contributed by atoms with Crippen molar-refractivity contribution in [3.05, 3.63) is 262 Å². The van der Waals surface area contributed by atoms with Crippen molar-refractivity contribution in [3.63, 3.8) is 0 Å². The van der Waals surface area contributed by atoms with Crippen LogP contribution in [0.2, 0.25) is 0 Å². The number of hydrogen-bond donors (Lipinski definition) is 0. The number of furan rings is 1. The van der Waals surface area contributed by atoms with Crippen LogP contribution in [0.1, 0.15) is 0 Å². The van der Waals surface area contributed by atoms with E-state index in [2.05, 4.69) is 194 Å². The number of pyridine rings is 1.